The second-order valence-corrected chi connectivity index (χ2v) is 29.9. The highest BCUT2D eigenvalue weighted by molar-refractivity contribution is 7.47. The van der Waals surface area contributed by atoms with Gasteiger partial charge in [-0.15, -0.1) is 0 Å². The lowest BCUT2D eigenvalue weighted by atomic mass is 10.0. The number of esters is 2. The van der Waals surface area contributed by atoms with E-state index in [1.807, 2.05) is 21.1 Å². The van der Waals surface area contributed by atoms with Crippen LogP contribution in [0.2, 0.25) is 0 Å². The van der Waals surface area contributed by atoms with Crippen LogP contribution in [0, 0.1) is 0 Å². The molecule has 1 N–H and O–H groups in total. The van der Waals surface area contributed by atoms with Crippen LogP contribution in [0.5, 0.6) is 0 Å². The average molecular weight is 1410 g/mol. The van der Waals surface area contributed by atoms with Gasteiger partial charge in [-0.3, -0.25) is 18.6 Å². The molecule has 100 heavy (non-hydrogen) atoms. The Morgan fingerprint density at radius 1 is 0.320 bits per heavy atom. The molecule has 9 nitrogen and oxygen atoms in total. The van der Waals surface area contributed by atoms with Gasteiger partial charge < -0.3 is 18.9 Å². The van der Waals surface area contributed by atoms with Gasteiger partial charge in [0.1, 0.15) is 19.8 Å². The van der Waals surface area contributed by atoms with Gasteiger partial charge in [0.15, 0.2) is 6.10 Å². The number of nitrogens with zero attached hydrogens (tertiary/aromatic N) is 1. The van der Waals surface area contributed by atoms with E-state index in [4.69, 9.17) is 18.5 Å². The van der Waals surface area contributed by atoms with Crippen LogP contribution in [-0.4, -0.2) is 74.9 Å². The van der Waals surface area contributed by atoms with Crippen molar-refractivity contribution in [3.8, 4) is 0 Å². The topological polar surface area (TPSA) is 108 Å². The highest BCUT2D eigenvalue weighted by atomic mass is 31.2. The molecule has 0 aromatic carbocycles. The molecule has 0 spiro atoms. The number of carbonyl (C=O) groups excluding carboxylic acids is 2. The minimum atomic E-state index is -4.41. The molecule has 0 amide bonds. The number of quaternary nitrogens is 1. The summed E-state index contributed by atoms with van der Waals surface area (Å²) in [5.41, 5.74) is 0. The number of allylic oxidation sites excluding steroid dienone is 26. The van der Waals surface area contributed by atoms with Crippen molar-refractivity contribution in [1.82, 2.24) is 0 Å². The lowest BCUT2D eigenvalue weighted by molar-refractivity contribution is -0.870. The number of phosphoric acid groups is 1. The van der Waals surface area contributed by atoms with Crippen molar-refractivity contribution in [3.05, 3.63) is 158 Å². The zero-order chi connectivity index (χ0) is 72.5. The molecule has 10 heteroatoms. The summed E-state index contributed by atoms with van der Waals surface area (Å²) in [5, 5.41) is 0. The minimum absolute atomic E-state index is 0.0200. The molecule has 0 aliphatic rings. The fraction of sp³-hybridized carbons (Fsp3) is 0.689. The molecular formula is C90H155NO8P+. The summed E-state index contributed by atoms with van der Waals surface area (Å²) in [7, 11) is 1.45. The smallest absolute Gasteiger partial charge is 0.462 e. The standard InChI is InChI=1S/C90H154NO8P/c1-6-8-10-12-14-16-18-20-22-24-26-28-30-32-34-36-38-40-42-43-44-45-46-47-49-50-52-54-56-58-60-62-64-66-68-70-72-74-76-78-80-82-89(92)96-86-88(87-98-100(94,95)97-85-84-91(3,4)5)99-90(93)83-81-79-77-75-73-71-69-67-65-63-61-59-57-55-53-51-48-41-39-37-35-33-31-29-27-25-23-21-19-17-15-13-11-9-7-2/h9,11,15,17-18,20-21,23-24,26-27,29-30,32-33,35,39,41,51,53,57,59,63,65,69,71,88H,6-8,10,12-14,16,19,22,25,28,31,34,36-38,40,42-50,52,54-56,58,60-62,64,66-68,70,72-87H2,1-5H3/p+1/b11-9-,17-15-,20-18-,23-21-,26-24-,29-27-,32-30-,35-33-,41-39-,53-51-,59-57-,65-63-,71-69-. The van der Waals surface area contributed by atoms with Crippen LogP contribution in [0.1, 0.15) is 348 Å². The van der Waals surface area contributed by atoms with Crippen LogP contribution in [0.15, 0.2) is 158 Å². The summed E-state index contributed by atoms with van der Waals surface area (Å²) in [6.45, 7) is 4.29. The molecular weight excluding hydrogens is 1250 g/mol. The van der Waals surface area contributed by atoms with Gasteiger partial charge in [0, 0.05) is 12.8 Å². The van der Waals surface area contributed by atoms with E-state index in [-0.39, 0.29) is 32.0 Å². The number of likely N-dealkylation sites (N-methyl/N-ethyl adjacent to an activating group) is 1. The van der Waals surface area contributed by atoms with E-state index in [9.17, 15) is 19.0 Å². The Kier molecular flexibility index (Phi) is 75.3. The van der Waals surface area contributed by atoms with Gasteiger partial charge in [-0.05, 0) is 128 Å². The Morgan fingerprint density at radius 3 is 0.850 bits per heavy atom. The Labute approximate surface area is 617 Å². The number of rotatable bonds is 75. The van der Waals surface area contributed by atoms with Gasteiger partial charge in [-0.1, -0.05) is 364 Å². The Bertz CT molecular complexity index is 2250. The first kappa shape index (κ1) is 95.6. The third kappa shape index (κ3) is 82.6. The first-order valence-corrected chi connectivity index (χ1v) is 42.7. The fourth-order valence-corrected chi connectivity index (χ4v) is 12.0. The van der Waals surface area contributed by atoms with Crippen molar-refractivity contribution in [2.45, 2.75) is 354 Å². The molecule has 0 aliphatic heterocycles. The molecule has 0 aromatic heterocycles. The first-order valence-electron chi connectivity index (χ1n) is 41.2. The van der Waals surface area contributed by atoms with Crippen LogP contribution in [0.4, 0.5) is 0 Å². The fourth-order valence-electron chi connectivity index (χ4n) is 11.3. The van der Waals surface area contributed by atoms with Gasteiger partial charge in [0.2, 0.25) is 0 Å². The molecule has 0 radical (unpaired) electrons. The molecule has 0 aliphatic carbocycles. The quantitative estimate of drug-likeness (QED) is 0.0211. The van der Waals surface area contributed by atoms with Gasteiger partial charge in [0.25, 0.3) is 0 Å². The molecule has 572 valence electrons. The first-order chi connectivity index (χ1) is 49.0. The number of phosphoric ester groups is 1. The maximum atomic E-state index is 12.9. The molecule has 0 fully saturated rings. The third-order valence-corrected chi connectivity index (χ3v) is 18.5. The second-order valence-electron chi connectivity index (χ2n) is 28.4. The Hall–Kier alpha value is -4.37. The molecule has 2 atom stereocenters. The SMILES string of the molecule is CC/C=C\C/C=C\C/C=C\C/C=C\C/C=C\C/C=C\C/C=C\C/C=C\C/C=C\C/C=C\CCCCCCC(=O)OC(COC(=O)CCCCCCCCCCCCCCCCCCCCCCCCCCCC/C=C\C/C=C\C/C=C\CCCCCCC)COP(=O)(O)OCC[N+](C)(C)C. The molecule has 0 heterocycles. The van der Waals surface area contributed by atoms with Crippen molar-refractivity contribution < 1.29 is 42.1 Å². The zero-order valence-corrected chi connectivity index (χ0v) is 66.3. The van der Waals surface area contributed by atoms with Gasteiger partial charge >= 0.3 is 19.8 Å². The van der Waals surface area contributed by atoms with Crippen molar-refractivity contribution in [1.29, 1.82) is 0 Å². The molecule has 0 saturated carbocycles. The minimum Gasteiger partial charge on any atom is -0.462 e. The Morgan fingerprint density at radius 2 is 0.570 bits per heavy atom. The lowest BCUT2D eigenvalue weighted by Crippen LogP contribution is -2.37. The summed E-state index contributed by atoms with van der Waals surface area (Å²) in [5.74, 6) is -0.824. The third-order valence-electron chi connectivity index (χ3n) is 17.5. The normalized spacial score (nSPS) is 13.9. The number of ether oxygens (including phenoxy) is 2. The van der Waals surface area contributed by atoms with Crippen molar-refractivity contribution in [3.63, 3.8) is 0 Å². The molecule has 2 unspecified atom stereocenters. The second kappa shape index (κ2) is 78.8. The van der Waals surface area contributed by atoms with E-state index in [2.05, 4.69) is 172 Å². The van der Waals surface area contributed by atoms with E-state index in [1.165, 1.54) is 193 Å². The van der Waals surface area contributed by atoms with Crippen LogP contribution < -0.4 is 0 Å². The predicted molar refractivity (Wildman–Crippen MR) is 436 cm³/mol. The molecule has 0 rings (SSSR count). The maximum Gasteiger partial charge on any atom is 0.472 e. The lowest BCUT2D eigenvalue weighted by Gasteiger charge is -2.24. The molecule has 0 aromatic rings. The molecule has 0 bridgehead atoms. The number of carbonyl (C=O) groups is 2. The van der Waals surface area contributed by atoms with Crippen LogP contribution in [0.3, 0.4) is 0 Å². The van der Waals surface area contributed by atoms with Crippen LogP contribution in [0.25, 0.3) is 0 Å². The van der Waals surface area contributed by atoms with E-state index >= 15 is 0 Å². The number of hydrogen-bond acceptors (Lipinski definition) is 7. The van der Waals surface area contributed by atoms with E-state index < -0.39 is 26.5 Å². The van der Waals surface area contributed by atoms with Crippen LogP contribution in [-0.2, 0) is 32.7 Å². The summed E-state index contributed by atoms with van der Waals surface area (Å²) in [6, 6.07) is 0. The average Bonchev–Trinajstić information content (AvgIpc) is 1.65. The largest absolute Gasteiger partial charge is 0.472 e. The van der Waals surface area contributed by atoms with Crippen LogP contribution >= 0.6 is 7.82 Å². The highest BCUT2D eigenvalue weighted by Crippen LogP contribution is 2.43. The summed E-state index contributed by atoms with van der Waals surface area (Å²) in [4.78, 5) is 36.0. The predicted octanol–water partition coefficient (Wildman–Crippen LogP) is 27.8. The van der Waals surface area contributed by atoms with Gasteiger partial charge in [0.05, 0.1) is 27.7 Å². The maximum absolute atomic E-state index is 12.9. The van der Waals surface area contributed by atoms with Crippen molar-refractivity contribution >= 4 is 19.8 Å². The summed E-state index contributed by atoms with van der Waals surface area (Å²) in [6.07, 6.45) is 118. The summed E-state index contributed by atoms with van der Waals surface area (Å²) >= 11 is 0. The van der Waals surface area contributed by atoms with Gasteiger partial charge in [-0.2, -0.15) is 0 Å². The van der Waals surface area contributed by atoms with E-state index in [0.29, 0.717) is 17.4 Å². The monoisotopic (exact) mass is 1410 g/mol. The van der Waals surface area contributed by atoms with Gasteiger partial charge in [-0.25, -0.2) is 4.57 Å². The zero-order valence-electron chi connectivity index (χ0n) is 65.4. The number of hydrogen-bond donors (Lipinski definition) is 1. The van der Waals surface area contributed by atoms with E-state index in [0.717, 1.165) is 122 Å². The number of unbranched alkanes of at least 4 members (excludes halogenated alkanes) is 35. The van der Waals surface area contributed by atoms with Crippen molar-refractivity contribution in [2.75, 3.05) is 47.5 Å². The Balaban J connectivity index is 4.01. The molecule has 0 saturated heterocycles. The van der Waals surface area contributed by atoms with E-state index in [1.54, 1.807) is 0 Å². The summed E-state index contributed by atoms with van der Waals surface area (Å²) < 4.78 is 34.8. The highest BCUT2D eigenvalue weighted by Gasteiger charge is 2.27. The van der Waals surface area contributed by atoms with Crippen molar-refractivity contribution in [2.24, 2.45) is 0 Å².